The first-order valence-electron chi connectivity index (χ1n) is 8.85. The Morgan fingerprint density at radius 3 is 2.60 bits per heavy atom. The van der Waals surface area contributed by atoms with Crippen LogP contribution in [0.4, 0.5) is 0 Å². The number of nitrogens with zero attached hydrogens (tertiary/aromatic N) is 3. The molecule has 1 aliphatic rings. The molecule has 162 valence electrons. The van der Waals surface area contributed by atoms with E-state index in [0.717, 1.165) is 9.21 Å². The number of aryl methyl sites for hydroxylation is 1. The van der Waals surface area contributed by atoms with E-state index in [4.69, 9.17) is 33.5 Å². The second-order valence-corrected chi connectivity index (χ2v) is 9.17. The minimum atomic E-state index is -4.18. The molecule has 0 spiro atoms. The van der Waals surface area contributed by atoms with Crippen LogP contribution in [0.3, 0.4) is 0 Å². The van der Waals surface area contributed by atoms with Gasteiger partial charge in [-0.15, -0.1) is 0 Å². The molecule has 0 aliphatic carbocycles. The summed E-state index contributed by atoms with van der Waals surface area (Å²) in [5.41, 5.74) is 5.40. The van der Waals surface area contributed by atoms with Crippen molar-refractivity contribution in [2.75, 3.05) is 26.2 Å². The zero-order valence-electron chi connectivity index (χ0n) is 15.8. The van der Waals surface area contributed by atoms with Crippen molar-refractivity contribution >= 4 is 45.0 Å². The lowest BCUT2D eigenvalue weighted by molar-refractivity contribution is -0.127. The number of nitrogens with two attached hydrogens (primary N) is 1. The second-order valence-electron chi connectivity index (χ2n) is 6.47. The molecule has 2 aromatic rings. The number of hydrogen-bond donors (Lipinski definition) is 2. The Kier molecular flexibility index (Phi) is 6.68. The number of nitrogens with one attached hydrogen (secondary N) is 1. The number of hydrogen-bond acceptors (Lipinski definition) is 7. The van der Waals surface area contributed by atoms with Crippen LogP contribution >= 0.6 is 23.2 Å². The third-order valence-corrected chi connectivity index (χ3v) is 7.00. The second kappa shape index (κ2) is 8.90. The van der Waals surface area contributed by atoms with E-state index in [1.807, 2.05) is 0 Å². The van der Waals surface area contributed by atoms with Gasteiger partial charge in [0.1, 0.15) is 5.76 Å². The lowest BCUT2D eigenvalue weighted by Crippen LogP contribution is -2.54. The zero-order chi connectivity index (χ0) is 22.1. The van der Waals surface area contributed by atoms with Crippen LogP contribution in [-0.4, -0.2) is 66.9 Å². The average Bonchev–Trinajstić information content (AvgIpc) is 3.34. The van der Waals surface area contributed by atoms with Crippen molar-refractivity contribution in [2.24, 2.45) is 5.73 Å². The van der Waals surface area contributed by atoms with Crippen LogP contribution in [0, 0.1) is 6.92 Å². The van der Waals surface area contributed by atoms with Crippen molar-refractivity contribution in [1.82, 2.24) is 19.7 Å². The fraction of sp³-hybridized carbons (Fsp3) is 0.353. The first kappa shape index (κ1) is 22.5. The third-order valence-electron chi connectivity index (χ3n) is 4.41. The highest BCUT2D eigenvalue weighted by molar-refractivity contribution is 7.89. The predicted molar refractivity (Wildman–Crippen MR) is 108 cm³/mol. The van der Waals surface area contributed by atoms with Gasteiger partial charge in [0.25, 0.3) is 11.8 Å². The molecule has 3 rings (SSSR count). The maximum Gasteiger partial charge on any atom is 0.277 e. The van der Waals surface area contributed by atoms with Crippen LogP contribution in [0.2, 0.25) is 10.0 Å². The van der Waals surface area contributed by atoms with Crippen LogP contribution in [0.15, 0.2) is 33.7 Å². The molecular weight excluding hydrogens is 457 g/mol. The van der Waals surface area contributed by atoms with Gasteiger partial charge in [-0.2, -0.15) is 4.31 Å². The van der Waals surface area contributed by atoms with E-state index in [-0.39, 0.29) is 46.8 Å². The third kappa shape index (κ3) is 4.30. The van der Waals surface area contributed by atoms with Gasteiger partial charge in [-0.05, 0) is 25.1 Å². The molecule has 1 aromatic carbocycles. The molecule has 3 N–H and O–H groups in total. The van der Waals surface area contributed by atoms with Gasteiger partial charge < -0.3 is 20.5 Å². The molecule has 1 fully saturated rings. The Morgan fingerprint density at radius 2 is 2.00 bits per heavy atom. The Balaban J connectivity index is 1.99. The highest BCUT2D eigenvalue weighted by atomic mass is 35.5. The summed E-state index contributed by atoms with van der Waals surface area (Å²) in [7, 11) is -4.18. The lowest BCUT2D eigenvalue weighted by atomic mass is 10.3. The Labute approximate surface area is 182 Å². The molecule has 1 aromatic heterocycles. The summed E-state index contributed by atoms with van der Waals surface area (Å²) in [5.74, 6) is -0.913. The summed E-state index contributed by atoms with van der Waals surface area (Å²) in [6.07, 6.45) is -1.43. The fourth-order valence-corrected chi connectivity index (χ4v) is 4.95. The number of amides is 2. The minimum absolute atomic E-state index is 0.0218. The molecule has 1 saturated heterocycles. The maximum absolute atomic E-state index is 13.2. The molecule has 0 radical (unpaired) electrons. The summed E-state index contributed by atoms with van der Waals surface area (Å²) in [6.45, 7) is 1.74. The van der Waals surface area contributed by atoms with Crippen molar-refractivity contribution in [3.05, 3.63) is 45.8 Å². The van der Waals surface area contributed by atoms with Crippen LogP contribution in [0.25, 0.3) is 0 Å². The Hall–Kier alpha value is -2.18. The van der Waals surface area contributed by atoms with Gasteiger partial charge >= 0.3 is 0 Å². The summed E-state index contributed by atoms with van der Waals surface area (Å²) >= 11 is 11.8. The average molecular weight is 476 g/mol. The normalized spacial score (nSPS) is 17.3. The van der Waals surface area contributed by atoms with E-state index in [1.165, 1.54) is 24.3 Å². The van der Waals surface area contributed by atoms with E-state index in [1.54, 1.807) is 6.92 Å². The van der Waals surface area contributed by atoms with Crippen molar-refractivity contribution in [3.63, 3.8) is 0 Å². The topological polar surface area (TPSA) is 139 Å². The first-order chi connectivity index (χ1) is 14.2. The van der Waals surface area contributed by atoms with Gasteiger partial charge in [-0.1, -0.05) is 28.4 Å². The Morgan fingerprint density at radius 1 is 1.27 bits per heavy atom. The van der Waals surface area contributed by atoms with Gasteiger partial charge in [0.05, 0.1) is 14.9 Å². The highest BCUT2D eigenvalue weighted by Gasteiger charge is 2.47. The number of halogens is 2. The van der Waals surface area contributed by atoms with E-state index < -0.39 is 28.0 Å². The first-order valence-corrected chi connectivity index (χ1v) is 11.1. The minimum Gasteiger partial charge on any atom is -0.361 e. The molecule has 0 bridgehead atoms. The quantitative estimate of drug-likeness (QED) is 0.630. The standard InChI is InChI=1S/C17H19Cl2N5O5S/c1-10-8-14(22-29-10)17(26)23-6-7-24(16(23)15(25)21-5-4-20)30(27,28)11-2-3-12(18)13(19)9-11/h2-3,8-9,16H,4-7,20H2,1H3,(H,21,25). The molecular formula is C17H19Cl2N5O5S. The van der Waals surface area contributed by atoms with Crippen molar-refractivity contribution in [2.45, 2.75) is 18.0 Å². The van der Waals surface area contributed by atoms with Gasteiger partial charge in [0.15, 0.2) is 11.9 Å². The summed E-state index contributed by atoms with van der Waals surface area (Å²) < 4.78 is 32.3. The van der Waals surface area contributed by atoms with E-state index in [0.29, 0.717) is 5.76 Å². The van der Waals surface area contributed by atoms with Gasteiger partial charge in [-0.25, -0.2) is 8.42 Å². The summed E-state index contributed by atoms with van der Waals surface area (Å²) in [6, 6.07) is 5.23. The van der Waals surface area contributed by atoms with Gasteiger partial charge in [-0.3, -0.25) is 9.59 Å². The number of benzene rings is 1. The molecule has 2 amide bonds. The highest BCUT2D eigenvalue weighted by Crippen LogP contribution is 2.30. The van der Waals surface area contributed by atoms with E-state index >= 15 is 0 Å². The number of sulfonamides is 1. The molecule has 30 heavy (non-hydrogen) atoms. The number of carbonyl (C=O) groups is 2. The van der Waals surface area contributed by atoms with E-state index in [9.17, 15) is 18.0 Å². The molecule has 13 heteroatoms. The lowest BCUT2D eigenvalue weighted by Gasteiger charge is -2.28. The maximum atomic E-state index is 13.2. The molecule has 2 heterocycles. The smallest absolute Gasteiger partial charge is 0.277 e. The molecule has 1 unspecified atom stereocenters. The SMILES string of the molecule is Cc1cc(C(=O)N2CCN(S(=O)(=O)c3ccc(Cl)c(Cl)c3)C2C(=O)NCCN)no1. The van der Waals surface area contributed by atoms with Gasteiger partial charge in [0, 0.05) is 32.2 Å². The Bertz CT molecular complexity index is 1070. The summed E-state index contributed by atoms with van der Waals surface area (Å²) in [5, 5.41) is 6.44. The van der Waals surface area contributed by atoms with Crippen LogP contribution < -0.4 is 11.1 Å². The number of aromatic nitrogens is 1. The molecule has 1 aliphatic heterocycles. The van der Waals surface area contributed by atoms with Crippen LogP contribution in [0.5, 0.6) is 0 Å². The van der Waals surface area contributed by atoms with Gasteiger partial charge in [0.2, 0.25) is 10.0 Å². The number of carbonyl (C=O) groups excluding carboxylic acids is 2. The summed E-state index contributed by atoms with van der Waals surface area (Å²) in [4.78, 5) is 26.7. The van der Waals surface area contributed by atoms with Crippen LogP contribution in [-0.2, 0) is 14.8 Å². The van der Waals surface area contributed by atoms with Crippen LogP contribution in [0.1, 0.15) is 16.2 Å². The molecule has 0 saturated carbocycles. The van der Waals surface area contributed by atoms with Crippen molar-refractivity contribution in [3.8, 4) is 0 Å². The van der Waals surface area contributed by atoms with Crippen molar-refractivity contribution in [1.29, 1.82) is 0 Å². The van der Waals surface area contributed by atoms with E-state index in [2.05, 4.69) is 10.5 Å². The largest absolute Gasteiger partial charge is 0.361 e. The molecule has 1 atom stereocenters. The fourth-order valence-electron chi connectivity index (χ4n) is 3.02. The zero-order valence-corrected chi connectivity index (χ0v) is 18.2. The predicted octanol–water partition coefficient (Wildman–Crippen LogP) is 0.838. The number of rotatable bonds is 6. The monoisotopic (exact) mass is 475 g/mol. The molecule has 10 nitrogen and oxygen atoms in total. The van der Waals surface area contributed by atoms with Crippen molar-refractivity contribution < 1.29 is 22.5 Å².